The van der Waals surface area contributed by atoms with Crippen LogP contribution in [0.5, 0.6) is 0 Å². The van der Waals surface area contributed by atoms with Gasteiger partial charge in [-0.05, 0) is 55.8 Å². The van der Waals surface area contributed by atoms with Crippen LogP contribution < -0.4 is 5.32 Å². The monoisotopic (exact) mass is 537 g/mol. The molecular weight excluding hydrogens is 514 g/mol. The van der Waals surface area contributed by atoms with Crippen LogP contribution in [0.4, 0.5) is 5.69 Å². The predicted octanol–water partition coefficient (Wildman–Crippen LogP) is 5.69. The number of nitrogens with zero attached hydrogens (tertiary/aromatic N) is 2. The molecular formula is C30H24BrN3O2. The largest absolute Gasteiger partial charge is 0.324 e. The number of Topliss-reactive ketones (excluding diaryl/α,β-unsaturated/α-hetero) is 1. The lowest BCUT2D eigenvalue weighted by Gasteiger charge is -2.48. The fraction of sp³-hybridized carbons (Fsp3) is 0.233. The molecule has 2 aliphatic heterocycles. The third-order valence-electron chi connectivity index (χ3n) is 8.64. The first kappa shape index (κ1) is 21.9. The Balaban J connectivity index is 1.53. The van der Waals surface area contributed by atoms with Crippen LogP contribution in [0.2, 0.25) is 0 Å². The Labute approximate surface area is 217 Å². The van der Waals surface area contributed by atoms with Crippen molar-refractivity contribution >= 4 is 44.2 Å². The van der Waals surface area contributed by atoms with Gasteiger partial charge in [-0.3, -0.25) is 19.5 Å². The molecule has 1 amide bonds. The number of fused-ring (bicyclic) bond motifs is 5. The number of likely N-dealkylation sites (N-methyl/N-ethyl adjacent to an activating group) is 1. The molecule has 0 radical (unpaired) electrons. The topological polar surface area (TPSA) is 62.3 Å². The van der Waals surface area contributed by atoms with Crippen LogP contribution in [-0.4, -0.2) is 35.2 Å². The zero-order valence-electron chi connectivity index (χ0n) is 19.8. The number of pyridine rings is 1. The molecule has 1 fully saturated rings. The van der Waals surface area contributed by atoms with Gasteiger partial charge in [0, 0.05) is 39.1 Å². The SMILES string of the molecule is CN1C[C@H](c2ccc(Br)cc2)[C@]2(CCc3nc4ccccc4cc3C2=O)[C@]12C(=O)Nc1ccccc12. The highest BCUT2D eigenvalue weighted by Crippen LogP contribution is 2.66. The Morgan fingerprint density at radius 1 is 1.00 bits per heavy atom. The molecule has 5 nitrogen and oxygen atoms in total. The zero-order chi connectivity index (χ0) is 24.7. The van der Waals surface area contributed by atoms with Gasteiger partial charge in [0.25, 0.3) is 5.91 Å². The molecule has 0 unspecified atom stereocenters. The fourth-order valence-corrected chi connectivity index (χ4v) is 7.46. The molecule has 7 rings (SSSR count). The number of nitrogens with one attached hydrogen (secondary N) is 1. The van der Waals surface area contributed by atoms with Crippen molar-refractivity contribution in [2.45, 2.75) is 24.3 Å². The van der Waals surface area contributed by atoms with Crippen molar-refractivity contribution in [3.05, 3.63) is 106 Å². The highest BCUT2D eigenvalue weighted by molar-refractivity contribution is 9.10. The molecule has 3 aliphatic rings. The first-order valence-corrected chi connectivity index (χ1v) is 13.1. The van der Waals surface area contributed by atoms with Crippen LogP contribution in [0.1, 0.15) is 39.5 Å². The van der Waals surface area contributed by atoms with E-state index >= 15 is 0 Å². The van der Waals surface area contributed by atoms with Gasteiger partial charge in [-0.1, -0.05) is 64.5 Å². The Bertz CT molecular complexity index is 1580. The number of hydrogen-bond donors (Lipinski definition) is 1. The molecule has 3 heterocycles. The third kappa shape index (κ3) is 2.61. The summed E-state index contributed by atoms with van der Waals surface area (Å²) in [6.45, 7) is 0.603. The van der Waals surface area contributed by atoms with Gasteiger partial charge in [0.05, 0.1) is 16.6 Å². The molecule has 6 heteroatoms. The Morgan fingerprint density at radius 3 is 2.58 bits per heavy atom. The number of hydrogen-bond acceptors (Lipinski definition) is 4. The second kappa shape index (κ2) is 7.58. The third-order valence-corrected chi connectivity index (χ3v) is 9.17. The number of carbonyl (C=O) groups excluding carboxylic acids is 2. The van der Waals surface area contributed by atoms with Crippen molar-refractivity contribution in [3.8, 4) is 0 Å². The van der Waals surface area contributed by atoms with Crippen LogP contribution in [0.15, 0.2) is 83.3 Å². The molecule has 1 aromatic heterocycles. The molecule has 178 valence electrons. The van der Waals surface area contributed by atoms with E-state index in [4.69, 9.17) is 4.98 Å². The fourth-order valence-electron chi connectivity index (χ4n) is 7.20. The number of halogens is 1. The van der Waals surface area contributed by atoms with Gasteiger partial charge >= 0.3 is 0 Å². The molecule has 0 bridgehead atoms. The Morgan fingerprint density at radius 2 is 1.75 bits per heavy atom. The maximum atomic E-state index is 14.9. The number of amides is 1. The number of aromatic nitrogens is 1. The zero-order valence-corrected chi connectivity index (χ0v) is 21.4. The summed E-state index contributed by atoms with van der Waals surface area (Å²) in [6, 6.07) is 26.0. The summed E-state index contributed by atoms with van der Waals surface area (Å²) in [7, 11) is 1.99. The molecule has 2 spiro atoms. The quantitative estimate of drug-likeness (QED) is 0.338. The van der Waals surface area contributed by atoms with Crippen molar-refractivity contribution in [2.75, 3.05) is 18.9 Å². The molecule has 3 atom stereocenters. The van der Waals surface area contributed by atoms with E-state index in [1.807, 2.05) is 73.8 Å². The van der Waals surface area contributed by atoms with Gasteiger partial charge in [0.15, 0.2) is 5.78 Å². The Kier molecular flexibility index (Phi) is 4.61. The molecule has 1 aliphatic carbocycles. The van der Waals surface area contributed by atoms with Gasteiger partial charge in [-0.2, -0.15) is 0 Å². The second-order valence-electron chi connectivity index (χ2n) is 10.2. The number of benzene rings is 3. The summed E-state index contributed by atoms with van der Waals surface area (Å²) in [5.74, 6) is -0.248. The average Bonchev–Trinajstić information content (AvgIpc) is 3.34. The van der Waals surface area contributed by atoms with E-state index < -0.39 is 11.0 Å². The Hall–Kier alpha value is -3.35. The number of aryl methyl sites for hydroxylation is 1. The lowest BCUT2D eigenvalue weighted by atomic mass is 9.54. The summed E-state index contributed by atoms with van der Waals surface area (Å²) in [5.41, 5.74) is 3.06. The van der Waals surface area contributed by atoms with E-state index in [0.717, 1.165) is 37.9 Å². The van der Waals surface area contributed by atoms with Crippen LogP contribution in [0.25, 0.3) is 10.9 Å². The van der Waals surface area contributed by atoms with Crippen LogP contribution in [0, 0.1) is 5.41 Å². The summed E-state index contributed by atoms with van der Waals surface area (Å²) in [4.78, 5) is 36.1. The molecule has 1 saturated heterocycles. The molecule has 4 aromatic rings. The number of rotatable bonds is 1. The van der Waals surface area contributed by atoms with Crippen molar-refractivity contribution < 1.29 is 9.59 Å². The van der Waals surface area contributed by atoms with Gasteiger partial charge in [-0.15, -0.1) is 0 Å². The van der Waals surface area contributed by atoms with Gasteiger partial charge in [0.1, 0.15) is 5.54 Å². The maximum absolute atomic E-state index is 14.9. The molecule has 36 heavy (non-hydrogen) atoms. The summed E-state index contributed by atoms with van der Waals surface area (Å²) >= 11 is 3.55. The normalized spacial score (nSPS) is 27.0. The maximum Gasteiger partial charge on any atom is 0.250 e. The van der Waals surface area contributed by atoms with Crippen molar-refractivity contribution in [1.29, 1.82) is 0 Å². The number of likely N-dealkylation sites (tertiary alicyclic amines) is 1. The number of ketones is 1. The predicted molar refractivity (Wildman–Crippen MR) is 143 cm³/mol. The van der Waals surface area contributed by atoms with Gasteiger partial charge < -0.3 is 5.32 Å². The smallest absolute Gasteiger partial charge is 0.250 e. The summed E-state index contributed by atoms with van der Waals surface area (Å²) in [6.07, 6.45) is 1.20. The lowest BCUT2D eigenvalue weighted by Crippen LogP contribution is -2.60. The van der Waals surface area contributed by atoms with Crippen molar-refractivity contribution in [3.63, 3.8) is 0 Å². The standard InChI is InChI=1S/C30H24BrN3O2/c1-34-17-23(18-10-12-20(31)13-11-18)29(30(34)22-7-3-5-9-26(22)33-28(30)36)15-14-25-21(27(29)35)16-19-6-2-4-8-24(19)32-25/h2-13,16,23H,14-15,17H2,1H3,(H,33,36)/t23-,29+,30+/m1/s1. The minimum Gasteiger partial charge on any atom is -0.324 e. The van der Waals surface area contributed by atoms with Crippen LogP contribution >= 0.6 is 15.9 Å². The van der Waals surface area contributed by atoms with E-state index in [1.54, 1.807) is 0 Å². The second-order valence-corrected chi connectivity index (χ2v) is 11.1. The number of anilines is 1. The summed E-state index contributed by atoms with van der Waals surface area (Å²) < 4.78 is 0.987. The minimum absolute atomic E-state index is 0.0196. The van der Waals surface area contributed by atoms with E-state index in [9.17, 15) is 9.59 Å². The van der Waals surface area contributed by atoms with E-state index in [2.05, 4.69) is 38.3 Å². The minimum atomic E-state index is -1.10. The van der Waals surface area contributed by atoms with E-state index in [-0.39, 0.29) is 17.6 Å². The first-order valence-electron chi connectivity index (χ1n) is 12.3. The van der Waals surface area contributed by atoms with Gasteiger partial charge in [0.2, 0.25) is 0 Å². The van der Waals surface area contributed by atoms with Crippen molar-refractivity contribution in [2.24, 2.45) is 5.41 Å². The van der Waals surface area contributed by atoms with E-state index in [0.29, 0.717) is 24.9 Å². The summed E-state index contributed by atoms with van der Waals surface area (Å²) in [5, 5.41) is 4.07. The molecule has 1 N–H and O–H groups in total. The van der Waals surface area contributed by atoms with Gasteiger partial charge in [-0.25, -0.2) is 0 Å². The van der Waals surface area contributed by atoms with Crippen LogP contribution in [-0.2, 0) is 16.8 Å². The number of para-hydroxylation sites is 2. The average molecular weight is 538 g/mol. The highest BCUT2D eigenvalue weighted by Gasteiger charge is 2.73. The molecule has 3 aromatic carbocycles. The highest BCUT2D eigenvalue weighted by atomic mass is 79.9. The van der Waals surface area contributed by atoms with Crippen LogP contribution in [0.3, 0.4) is 0 Å². The number of carbonyl (C=O) groups is 2. The molecule has 0 saturated carbocycles. The van der Waals surface area contributed by atoms with Crippen molar-refractivity contribution in [1.82, 2.24) is 9.88 Å². The van der Waals surface area contributed by atoms with E-state index in [1.165, 1.54) is 0 Å². The first-order chi connectivity index (χ1) is 17.5. The lowest BCUT2D eigenvalue weighted by molar-refractivity contribution is -0.130.